The van der Waals surface area contributed by atoms with Gasteiger partial charge < -0.3 is 14.6 Å². The molecule has 0 aliphatic heterocycles. The molecule has 0 aromatic carbocycles. The molecule has 0 aromatic rings. The maximum absolute atomic E-state index is 10.7. The van der Waals surface area contributed by atoms with Crippen LogP contribution in [0.1, 0.15) is 19.8 Å². The van der Waals surface area contributed by atoms with E-state index < -0.39 is 5.97 Å². The van der Waals surface area contributed by atoms with Gasteiger partial charge in [-0.25, -0.2) is 0 Å². The van der Waals surface area contributed by atoms with Crippen LogP contribution >= 0.6 is 0 Å². The lowest BCUT2D eigenvalue weighted by Crippen LogP contribution is -2.24. The number of esters is 1. The van der Waals surface area contributed by atoms with Gasteiger partial charge in [0.1, 0.15) is 0 Å². The smallest absolute Gasteiger partial charge is 0.308 e. The molecule has 0 bridgehead atoms. The van der Waals surface area contributed by atoms with Crippen molar-refractivity contribution < 1.29 is 19.4 Å². The molecule has 0 N–H and O–H groups in total. The molecule has 0 amide bonds. The monoisotopic (exact) mass is 159 g/mol. The van der Waals surface area contributed by atoms with Crippen molar-refractivity contribution in [2.75, 3.05) is 7.11 Å². The molecule has 0 fully saturated rings. The lowest BCUT2D eigenvalue weighted by molar-refractivity contribution is -0.305. The van der Waals surface area contributed by atoms with Crippen LogP contribution < -0.4 is 5.11 Å². The van der Waals surface area contributed by atoms with Gasteiger partial charge in [0, 0.05) is 5.97 Å². The molecule has 1 atom stereocenters. The van der Waals surface area contributed by atoms with Crippen molar-refractivity contribution in [3.63, 3.8) is 0 Å². The van der Waals surface area contributed by atoms with E-state index in [1.54, 1.807) is 6.92 Å². The second-order valence-electron chi connectivity index (χ2n) is 2.33. The van der Waals surface area contributed by atoms with Gasteiger partial charge in [-0.2, -0.15) is 0 Å². The van der Waals surface area contributed by atoms with E-state index in [0.717, 1.165) is 0 Å². The summed E-state index contributed by atoms with van der Waals surface area (Å²) in [5, 5.41) is 9.95. The highest BCUT2D eigenvalue weighted by Gasteiger charge is 2.11. The minimum atomic E-state index is -1.14. The van der Waals surface area contributed by atoms with Crippen LogP contribution in [0.25, 0.3) is 0 Å². The predicted molar refractivity (Wildman–Crippen MR) is 35.4 cm³/mol. The molecule has 0 aliphatic rings. The molecule has 0 heterocycles. The van der Waals surface area contributed by atoms with Crippen molar-refractivity contribution >= 4 is 11.9 Å². The Morgan fingerprint density at radius 2 is 2.09 bits per heavy atom. The van der Waals surface area contributed by atoms with Crippen LogP contribution in [-0.4, -0.2) is 19.0 Å². The fourth-order valence-corrected chi connectivity index (χ4v) is 0.653. The standard InChI is InChI=1S/C7H12O4/c1-5(7(10)11-2)3-4-6(8)9/h5H,3-4H2,1-2H3,(H,8,9)/p-1. The van der Waals surface area contributed by atoms with Crippen LogP contribution in [-0.2, 0) is 14.3 Å². The van der Waals surface area contributed by atoms with Crippen molar-refractivity contribution in [2.45, 2.75) is 19.8 Å². The van der Waals surface area contributed by atoms with Crippen molar-refractivity contribution in [2.24, 2.45) is 5.92 Å². The Morgan fingerprint density at radius 3 is 2.45 bits per heavy atom. The van der Waals surface area contributed by atoms with E-state index in [0.29, 0.717) is 0 Å². The van der Waals surface area contributed by atoms with Crippen molar-refractivity contribution in [3.05, 3.63) is 0 Å². The molecule has 0 aliphatic carbocycles. The first-order chi connectivity index (χ1) is 5.07. The minimum Gasteiger partial charge on any atom is -0.550 e. The molecule has 0 rings (SSSR count). The third-order valence-corrected chi connectivity index (χ3v) is 1.39. The summed E-state index contributed by atoms with van der Waals surface area (Å²) >= 11 is 0. The molecule has 0 saturated carbocycles. The molecule has 0 aromatic heterocycles. The van der Waals surface area contributed by atoms with Gasteiger partial charge in [0.2, 0.25) is 0 Å². The fraction of sp³-hybridized carbons (Fsp3) is 0.714. The van der Waals surface area contributed by atoms with E-state index in [-0.39, 0.29) is 24.7 Å². The van der Waals surface area contributed by atoms with Crippen LogP contribution in [0.15, 0.2) is 0 Å². The SMILES string of the molecule is COC(=O)C(C)CCC(=O)[O-]. The summed E-state index contributed by atoms with van der Waals surface area (Å²) < 4.78 is 4.39. The Bertz CT molecular complexity index is 153. The summed E-state index contributed by atoms with van der Waals surface area (Å²) in [5.41, 5.74) is 0. The zero-order chi connectivity index (χ0) is 8.85. The van der Waals surface area contributed by atoms with Gasteiger partial charge in [-0.05, 0) is 12.8 Å². The lowest BCUT2D eigenvalue weighted by Gasteiger charge is -2.08. The zero-order valence-corrected chi connectivity index (χ0v) is 6.62. The number of hydrogen-bond acceptors (Lipinski definition) is 4. The first-order valence-electron chi connectivity index (χ1n) is 3.35. The lowest BCUT2D eigenvalue weighted by atomic mass is 10.1. The number of rotatable bonds is 4. The number of carbonyl (C=O) groups is 2. The quantitative estimate of drug-likeness (QED) is 0.510. The van der Waals surface area contributed by atoms with Crippen LogP contribution in [0.3, 0.4) is 0 Å². The molecular weight excluding hydrogens is 148 g/mol. The highest BCUT2D eigenvalue weighted by Crippen LogP contribution is 2.05. The minimum absolute atomic E-state index is 0.101. The second-order valence-corrected chi connectivity index (χ2v) is 2.33. The zero-order valence-electron chi connectivity index (χ0n) is 6.62. The van der Waals surface area contributed by atoms with Gasteiger partial charge in [0.25, 0.3) is 0 Å². The average molecular weight is 159 g/mol. The summed E-state index contributed by atoms with van der Waals surface area (Å²) in [4.78, 5) is 20.6. The number of ether oxygens (including phenoxy) is 1. The average Bonchev–Trinajstić information content (AvgIpc) is 1.98. The molecular formula is C7H11O4-. The van der Waals surface area contributed by atoms with E-state index in [2.05, 4.69) is 4.74 Å². The maximum Gasteiger partial charge on any atom is 0.308 e. The highest BCUT2D eigenvalue weighted by atomic mass is 16.5. The second kappa shape index (κ2) is 4.71. The maximum atomic E-state index is 10.7. The molecule has 0 spiro atoms. The largest absolute Gasteiger partial charge is 0.550 e. The van der Waals surface area contributed by atoms with Crippen LogP contribution in [0.5, 0.6) is 0 Å². The summed E-state index contributed by atoms with van der Waals surface area (Å²) in [6.45, 7) is 1.62. The third-order valence-electron chi connectivity index (χ3n) is 1.39. The predicted octanol–water partition coefficient (Wildman–Crippen LogP) is -0.674. The van der Waals surface area contributed by atoms with Gasteiger partial charge in [0.15, 0.2) is 0 Å². The van der Waals surface area contributed by atoms with Crippen LogP contribution in [0, 0.1) is 5.92 Å². The van der Waals surface area contributed by atoms with Gasteiger partial charge in [-0.1, -0.05) is 6.92 Å². The molecule has 4 nitrogen and oxygen atoms in total. The fourth-order valence-electron chi connectivity index (χ4n) is 0.653. The van der Waals surface area contributed by atoms with E-state index in [1.165, 1.54) is 7.11 Å². The number of methoxy groups -OCH3 is 1. The number of carbonyl (C=O) groups excluding carboxylic acids is 2. The molecule has 4 heteroatoms. The summed E-state index contributed by atoms with van der Waals surface area (Å²) in [6.07, 6.45) is 0.172. The normalized spacial score (nSPS) is 12.2. The van der Waals surface area contributed by atoms with Crippen molar-refractivity contribution in [3.8, 4) is 0 Å². The Labute approximate surface area is 65.2 Å². The number of aliphatic carboxylic acids is 1. The first-order valence-corrected chi connectivity index (χ1v) is 3.35. The van der Waals surface area contributed by atoms with E-state index in [4.69, 9.17) is 0 Å². The topological polar surface area (TPSA) is 66.4 Å². The van der Waals surface area contributed by atoms with Crippen molar-refractivity contribution in [1.29, 1.82) is 0 Å². The Morgan fingerprint density at radius 1 is 1.55 bits per heavy atom. The molecule has 1 unspecified atom stereocenters. The molecule has 0 radical (unpaired) electrons. The van der Waals surface area contributed by atoms with E-state index in [9.17, 15) is 14.7 Å². The summed E-state index contributed by atoms with van der Waals surface area (Å²) in [5.74, 6) is -1.88. The summed E-state index contributed by atoms with van der Waals surface area (Å²) in [6, 6.07) is 0. The van der Waals surface area contributed by atoms with Gasteiger partial charge in [0.05, 0.1) is 13.0 Å². The third kappa shape index (κ3) is 4.36. The Kier molecular flexibility index (Phi) is 4.26. The molecule has 11 heavy (non-hydrogen) atoms. The highest BCUT2D eigenvalue weighted by molar-refractivity contribution is 5.73. The number of hydrogen-bond donors (Lipinski definition) is 0. The van der Waals surface area contributed by atoms with E-state index in [1.807, 2.05) is 0 Å². The number of carboxylic acid groups (broad SMARTS) is 1. The first kappa shape index (κ1) is 9.94. The van der Waals surface area contributed by atoms with Gasteiger partial charge in [-0.15, -0.1) is 0 Å². The number of carboxylic acids is 1. The van der Waals surface area contributed by atoms with Crippen LogP contribution in [0.4, 0.5) is 0 Å². The summed E-state index contributed by atoms with van der Waals surface area (Å²) in [7, 11) is 1.28. The van der Waals surface area contributed by atoms with Crippen LogP contribution in [0.2, 0.25) is 0 Å². The van der Waals surface area contributed by atoms with E-state index >= 15 is 0 Å². The Balaban J connectivity index is 3.60. The van der Waals surface area contributed by atoms with Gasteiger partial charge in [-0.3, -0.25) is 4.79 Å². The molecule has 64 valence electrons. The van der Waals surface area contributed by atoms with Gasteiger partial charge >= 0.3 is 5.97 Å². The Hall–Kier alpha value is -1.06. The molecule has 0 saturated heterocycles. The van der Waals surface area contributed by atoms with Crippen molar-refractivity contribution in [1.82, 2.24) is 0 Å².